The van der Waals surface area contributed by atoms with E-state index in [1.54, 1.807) is 58.0 Å². The molecule has 49 nitrogen and oxygen atoms in total. The number of nitrogens with one attached hydrogen (secondary N) is 19. The number of imidazole rings is 1. The van der Waals surface area contributed by atoms with E-state index in [4.69, 9.17) is 39.5 Å². The minimum absolute atomic E-state index is 0.0106. The molecule has 1 saturated heterocycles. The van der Waals surface area contributed by atoms with Gasteiger partial charge in [0.2, 0.25) is 100 Å². The van der Waals surface area contributed by atoms with Crippen molar-refractivity contribution in [1.29, 1.82) is 10.8 Å². The van der Waals surface area contributed by atoms with Gasteiger partial charge in [0.1, 0.15) is 97.2 Å². The highest BCUT2D eigenvalue weighted by Gasteiger charge is 2.40. The van der Waals surface area contributed by atoms with Crippen LogP contribution in [0.4, 0.5) is 0 Å². The number of phenols is 1. The molecule has 0 aliphatic carbocycles. The molecule has 0 spiro atoms. The Labute approximate surface area is 775 Å². The molecule has 133 heavy (non-hydrogen) atoms. The van der Waals surface area contributed by atoms with Crippen molar-refractivity contribution in [3.05, 3.63) is 83.9 Å². The number of primary amides is 2. The summed E-state index contributed by atoms with van der Waals surface area (Å²) < 4.78 is 0. The number of likely N-dealkylation sites (tertiary alicyclic amines) is 1. The normalized spacial score (nSPS) is 15.7. The molecule has 17 amide bonds. The number of aliphatic hydroxyl groups is 4. The number of aliphatic hydroxyl groups excluding tert-OH is 4. The summed E-state index contributed by atoms with van der Waals surface area (Å²) in [5.41, 5.74) is 29.1. The predicted molar refractivity (Wildman–Crippen MR) is 484 cm³/mol. The number of amides is 17. The van der Waals surface area contributed by atoms with Crippen LogP contribution in [0, 0.1) is 28.6 Å². The quantitative estimate of drug-likeness (QED) is 0.00820. The second-order valence-corrected chi connectivity index (χ2v) is 35.1. The van der Waals surface area contributed by atoms with Crippen LogP contribution in [0.2, 0.25) is 0 Å². The third kappa shape index (κ3) is 40.4. The SMILES string of the molecule is CC(C)C[C@H](NC(=O)[C@H](CSSC[C@H](NC(=O)[C@@H](N)C(C)C)C(=O)N[C@@H](Cc1ccccc1)C(=O)N[C@@H](CO)C(=O)N[C@H](C(N)=O)[C@@H](C)O)NC(=O)[C@@H](NC(=O)[C@H](CCC(N)=O)NC(=O)[C@H](Cc1cnc[nH]1)NC(=O)CO)C(C)C)C(=O)N[C@@H](CO)C(=O)N[C@@H](Cc1ccc(O)cc1)C(=O)N[C@@H](CCCNC(=N)N)C(=O)NCC(=O)N[C@@H](CCCNC(=N)N)C(=O)N1CCC[C@H]1C=O. The highest BCUT2D eigenvalue weighted by atomic mass is 33.1. The summed E-state index contributed by atoms with van der Waals surface area (Å²) in [4.78, 5) is 258. The van der Waals surface area contributed by atoms with E-state index < -0.39 is 278 Å². The van der Waals surface area contributed by atoms with Crippen molar-refractivity contribution in [2.24, 2.45) is 46.4 Å². The average molecular weight is 1910 g/mol. The molecule has 0 saturated carbocycles. The Morgan fingerprint density at radius 2 is 0.947 bits per heavy atom. The molecule has 1 aromatic heterocycles. The van der Waals surface area contributed by atoms with Crippen LogP contribution in [-0.2, 0) is 106 Å². The molecule has 0 bridgehead atoms. The first-order valence-electron chi connectivity index (χ1n) is 42.9. The molecule has 34 N–H and O–H groups in total. The van der Waals surface area contributed by atoms with Crippen LogP contribution < -0.4 is 114 Å². The van der Waals surface area contributed by atoms with Gasteiger partial charge in [0.05, 0.1) is 44.3 Å². The molecule has 16 atom stereocenters. The number of nitrogens with two attached hydrogens (primary N) is 5. The van der Waals surface area contributed by atoms with Gasteiger partial charge in [0.15, 0.2) is 11.9 Å². The first-order chi connectivity index (χ1) is 62.9. The van der Waals surface area contributed by atoms with Crippen LogP contribution in [0.5, 0.6) is 5.75 Å². The van der Waals surface area contributed by atoms with Gasteiger partial charge >= 0.3 is 0 Å². The third-order valence-electron chi connectivity index (χ3n) is 20.6. The van der Waals surface area contributed by atoms with Gasteiger partial charge in [0, 0.05) is 68.7 Å². The van der Waals surface area contributed by atoms with Gasteiger partial charge in [-0.15, -0.1) is 0 Å². The first kappa shape index (κ1) is 112. The van der Waals surface area contributed by atoms with Crippen LogP contribution in [-0.4, -0.2) is 313 Å². The van der Waals surface area contributed by atoms with Crippen LogP contribution in [0.1, 0.15) is 123 Å². The lowest BCUT2D eigenvalue weighted by molar-refractivity contribution is -0.139. The van der Waals surface area contributed by atoms with E-state index in [1.807, 2.05) is 0 Å². The molecule has 736 valence electrons. The van der Waals surface area contributed by atoms with Crippen molar-refractivity contribution >= 4 is 140 Å². The lowest BCUT2D eigenvalue weighted by Gasteiger charge is -2.29. The number of nitrogens with zero attached hydrogens (tertiary/aromatic N) is 2. The first-order valence-corrected chi connectivity index (χ1v) is 45.4. The van der Waals surface area contributed by atoms with Crippen molar-refractivity contribution in [1.82, 2.24) is 99.9 Å². The Morgan fingerprint density at radius 3 is 1.42 bits per heavy atom. The molecular formula is C82H128N26O23S2. The van der Waals surface area contributed by atoms with Crippen molar-refractivity contribution in [2.75, 3.05) is 57.5 Å². The van der Waals surface area contributed by atoms with Crippen LogP contribution in [0.25, 0.3) is 0 Å². The smallest absolute Gasteiger partial charge is 0.246 e. The zero-order valence-corrected chi connectivity index (χ0v) is 76.6. The molecule has 2 aromatic carbocycles. The monoisotopic (exact) mass is 1910 g/mol. The fourth-order valence-corrected chi connectivity index (χ4v) is 15.5. The number of aldehydes is 1. The highest BCUT2D eigenvalue weighted by Crippen LogP contribution is 2.25. The second-order valence-electron chi connectivity index (χ2n) is 32.5. The fourth-order valence-electron chi connectivity index (χ4n) is 13.2. The van der Waals surface area contributed by atoms with Gasteiger partial charge in [-0.1, -0.05) is 106 Å². The minimum Gasteiger partial charge on any atom is -0.508 e. The number of phenolic OH excluding ortho intramolecular Hbond substituents is 1. The maximum Gasteiger partial charge on any atom is 0.246 e. The molecular weight excluding hydrogens is 1780 g/mol. The Kier molecular flexibility index (Phi) is 49.2. The van der Waals surface area contributed by atoms with Crippen LogP contribution >= 0.6 is 21.6 Å². The number of aromatic amines is 1. The molecule has 3 aromatic rings. The second kappa shape index (κ2) is 58.1. The maximum atomic E-state index is 15.3. The van der Waals surface area contributed by atoms with Crippen molar-refractivity contribution < 1.29 is 112 Å². The molecule has 51 heteroatoms. The molecule has 0 radical (unpaired) electrons. The number of benzene rings is 2. The predicted octanol–water partition coefficient (Wildman–Crippen LogP) is -9.55. The van der Waals surface area contributed by atoms with E-state index in [0.29, 0.717) is 35.9 Å². The summed E-state index contributed by atoms with van der Waals surface area (Å²) in [6, 6.07) is -10.2. The summed E-state index contributed by atoms with van der Waals surface area (Å²) in [5.74, 6) is -21.5. The van der Waals surface area contributed by atoms with E-state index in [1.165, 1.54) is 55.5 Å². The van der Waals surface area contributed by atoms with Gasteiger partial charge in [-0.25, -0.2) is 4.98 Å². The number of aromatic hydroxyl groups is 1. The summed E-state index contributed by atoms with van der Waals surface area (Å²) in [6.45, 7) is 6.79. The Hall–Kier alpha value is -12.8. The number of aromatic nitrogens is 2. The Bertz CT molecular complexity index is 4430. The topological polar surface area (TPSA) is 811 Å². The minimum atomic E-state index is -1.98. The largest absolute Gasteiger partial charge is 0.508 e. The molecule has 0 unspecified atom stereocenters. The van der Waals surface area contributed by atoms with E-state index in [9.17, 15) is 102 Å². The Balaban J connectivity index is 1.78. The summed E-state index contributed by atoms with van der Waals surface area (Å²) in [7, 11) is 1.56. The van der Waals surface area contributed by atoms with Crippen molar-refractivity contribution in [3.63, 3.8) is 0 Å². The molecule has 2 heterocycles. The molecule has 4 rings (SSSR count). The molecule has 1 aliphatic heterocycles. The van der Waals surface area contributed by atoms with Gasteiger partial charge in [0.25, 0.3) is 0 Å². The van der Waals surface area contributed by atoms with Crippen LogP contribution in [0.3, 0.4) is 0 Å². The number of carbonyl (C=O) groups is 18. The standard InChI is InChI=1S/C82H128N26O23S2/c1-41(2)28-53(70(121)102-57(35-110)74(125)100-55(30-46-19-21-49(114)22-20-46)71(122)97-50(17-11-25-91-81(86)87)68(119)93-33-62(116)95-52(18-12-26-92-82(88)89)80(131)108-27-13-16-48(108)34-109)99-77(128)60(105-79(130)65(43(5)6)106-69(120)51(23-24-61(83)115)98-73(124)56(96-63(117)37-112)31-47-32-90-40-94-47)39-133-132-38-59(104-78(129)64(84)42(3)4)76(127)101-54(29-45-14-9-8-10-15-45)72(123)103-58(36-111)75(126)107-66(44(7)113)67(85)118/h8-10,14-15,19-22,32,34,40-44,48,50-60,64-66,110-114H,11-13,16-18,23-31,33,35-39,84H2,1-7H3,(H2,83,115)(H2,85,118)(H,90,94)(H,93,119)(H,95,116)(H,96,117)(H,97,122)(H,98,124)(H,99,128)(H,100,125)(H,101,127)(H,102,121)(H,103,123)(H,104,129)(H,105,130)(H,106,120)(H,107,126)(H4,86,87,91)(H4,88,89,92)/t44-,48+,50+,51+,52+,53+,54+,55+,56+,57+,58+,59+,60+,64+,65+,66+/m1/s1. The zero-order valence-electron chi connectivity index (χ0n) is 74.9. The van der Waals surface area contributed by atoms with E-state index in [2.05, 4.69) is 95.0 Å². The number of rotatable bonds is 60. The number of hydrogen-bond acceptors (Lipinski definition) is 29. The Morgan fingerprint density at radius 1 is 0.504 bits per heavy atom. The van der Waals surface area contributed by atoms with E-state index in [0.717, 1.165) is 28.5 Å². The number of hydrogen-bond donors (Lipinski definition) is 29. The van der Waals surface area contributed by atoms with Gasteiger partial charge in [-0.3, -0.25) is 92.3 Å². The fraction of sp³-hybridized carbons (Fsp3) is 0.573. The van der Waals surface area contributed by atoms with Crippen LogP contribution in [0.15, 0.2) is 67.1 Å². The maximum absolute atomic E-state index is 15.3. The van der Waals surface area contributed by atoms with Crippen molar-refractivity contribution in [2.45, 2.75) is 222 Å². The number of guanidine groups is 2. The average Bonchev–Trinajstić information content (AvgIpc) is 1.66. The lowest BCUT2D eigenvalue weighted by atomic mass is 10.0. The van der Waals surface area contributed by atoms with Gasteiger partial charge < -0.3 is 154 Å². The van der Waals surface area contributed by atoms with Crippen molar-refractivity contribution in [3.8, 4) is 5.75 Å². The number of carbonyl (C=O) groups excluding carboxylic acids is 18. The van der Waals surface area contributed by atoms with Gasteiger partial charge in [-0.2, -0.15) is 0 Å². The third-order valence-corrected chi connectivity index (χ3v) is 23.0. The molecule has 1 fully saturated rings. The summed E-state index contributed by atoms with van der Waals surface area (Å²) in [6.07, 6.45) is 0.383. The summed E-state index contributed by atoms with van der Waals surface area (Å²) >= 11 is 0. The van der Waals surface area contributed by atoms with E-state index >= 15 is 9.59 Å². The number of H-pyrrole nitrogens is 1. The molecule has 1 aliphatic rings. The van der Waals surface area contributed by atoms with Gasteiger partial charge in [-0.05, 0) is 99.3 Å². The highest BCUT2D eigenvalue weighted by molar-refractivity contribution is 8.76. The zero-order chi connectivity index (χ0) is 99.3. The summed E-state index contributed by atoms with van der Waals surface area (Å²) in [5, 5.41) is 106. The van der Waals surface area contributed by atoms with E-state index in [-0.39, 0.29) is 76.3 Å². The lowest BCUT2D eigenvalue weighted by Crippen LogP contribution is -2.62.